The predicted octanol–water partition coefficient (Wildman–Crippen LogP) is -3.63. The molecule has 0 bridgehead atoms. The second-order valence-corrected chi connectivity index (χ2v) is 5.67. The molecule has 0 rings (SSSR count). The minimum absolute atomic E-state index is 0.204. The molecule has 4 amide bonds. The number of hydrogen-bond acceptors (Lipinski definition) is 7. The Balaban J connectivity index is 5.09. The van der Waals surface area contributed by atoms with Crippen LogP contribution in [0.25, 0.3) is 0 Å². The zero-order chi connectivity index (χ0) is 21.1. The molecule has 0 radical (unpaired) electrons. The normalized spacial score (nSPS) is 13.7. The van der Waals surface area contributed by atoms with Crippen LogP contribution in [0.5, 0.6) is 0 Å². The molecule has 13 heteroatoms. The lowest BCUT2D eigenvalue weighted by Crippen LogP contribution is -2.55. The number of aliphatic carboxylic acids is 2. The Morgan fingerprint density at radius 1 is 0.778 bits per heavy atom. The third kappa shape index (κ3) is 10.4. The van der Waals surface area contributed by atoms with Crippen molar-refractivity contribution in [3.8, 4) is 0 Å². The summed E-state index contributed by atoms with van der Waals surface area (Å²) < 4.78 is 0. The number of nitrogens with two attached hydrogens (primary N) is 3. The largest absolute Gasteiger partial charge is 0.481 e. The summed E-state index contributed by atoms with van der Waals surface area (Å²) in [4.78, 5) is 67.7. The van der Waals surface area contributed by atoms with Crippen molar-refractivity contribution in [3.05, 3.63) is 0 Å². The molecule has 152 valence electrons. The quantitative estimate of drug-likeness (QED) is 0.164. The summed E-state index contributed by atoms with van der Waals surface area (Å²) in [6.45, 7) is 0. The van der Waals surface area contributed by atoms with Crippen molar-refractivity contribution >= 4 is 35.6 Å². The Morgan fingerprint density at radius 3 is 1.78 bits per heavy atom. The van der Waals surface area contributed by atoms with E-state index in [4.69, 9.17) is 27.4 Å². The van der Waals surface area contributed by atoms with Crippen molar-refractivity contribution in [2.45, 2.75) is 50.2 Å². The van der Waals surface area contributed by atoms with Crippen LogP contribution < -0.4 is 27.8 Å². The van der Waals surface area contributed by atoms with E-state index in [9.17, 15) is 28.8 Å². The van der Waals surface area contributed by atoms with E-state index in [1.54, 1.807) is 0 Å². The van der Waals surface area contributed by atoms with Crippen LogP contribution in [0.1, 0.15) is 32.1 Å². The van der Waals surface area contributed by atoms with E-state index < -0.39 is 60.1 Å². The van der Waals surface area contributed by atoms with Crippen LogP contribution in [0, 0.1) is 0 Å². The minimum atomic E-state index is -1.64. The lowest BCUT2D eigenvalue weighted by molar-refractivity contribution is -0.143. The van der Waals surface area contributed by atoms with Crippen LogP contribution in [-0.4, -0.2) is 63.9 Å². The summed E-state index contributed by atoms with van der Waals surface area (Å²) in [5.74, 6) is -6.32. The van der Waals surface area contributed by atoms with Gasteiger partial charge in [-0.05, 0) is 12.8 Å². The lowest BCUT2D eigenvalue weighted by Gasteiger charge is -2.22. The Bertz CT molecular complexity index is 608. The van der Waals surface area contributed by atoms with E-state index in [0.717, 1.165) is 0 Å². The fourth-order valence-electron chi connectivity index (χ4n) is 1.92. The molecule has 0 spiro atoms. The summed E-state index contributed by atoms with van der Waals surface area (Å²) in [6, 6.07) is -4.26. The number of carbonyl (C=O) groups is 6. The maximum absolute atomic E-state index is 12.2. The highest BCUT2D eigenvalue weighted by atomic mass is 16.4. The molecule has 10 N–H and O–H groups in total. The van der Waals surface area contributed by atoms with Crippen LogP contribution in [-0.2, 0) is 28.8 Å². The van der Waals surface area contributed by atoms with Gasteiger partial charge in [0.2, 0.25) is 23.6 Å². The predicted molar refractivity (Wildman–Crippen MR) is 88.6 cm³/mol. The van der Waals surface area contributed by atoms with E-state index in [0.29, 0.717) is 0 Å². The fourth-order valence-corrected chi connectivity index (χ4v) is 1.92. The van der Waals surface area contributed by atoms with Gasteiger partial charge in [0, 0.05) is 12.8 Å². The van der Waals surface area contributed by atoms with Gasteiger partial charge in [-0.15, -0.1) is 0 Å². The van der Waals surface area contributed by atoms with Crippen molar-refractivity contribution in [2.24, 2.45) is 17.2 Å². The Kier molecular flexibility index (Phi) is 10.0. The van der Waals surface area contributed by atoms with Gasteiger partial charge in [-0.2, -0.15) is 0 Å². The summed E-state index contributed by atoms with van der Waals surface area (Å²) >= 11 is 0. The lowest BCUT2D eigenvalue weighted by atomic mass is 10.1. The molecule has 27 heavy (non-hydrogen) atoms. The molecule has 3 atom stereocenters. The molecule has 0 saturated heterocycles. The van der Waals surface area contributed by atoms with E-state index in [-0.39, 0.29) is 25.7 Å². The number of nitrogens with one attached hydrogen (secondary N) is 2. The van der Waals surface area contributed by atoms with Crippen LogP contribution in [0.3, 0.4) is 0 Å². The molecule has 0 aliphatic carbocycles. The SMILES string of the molecule is NC(=O)CC[C@H](NC(=O)[C@@H](N)CCC(=O)O)C(=O)N[C@@H](CC(N)=O)C(=O)O. The van der Waals surface area contributed by atoms with E-state index in [1.807, 2.05) is 5.32 Å². The third-order valence-corrected chi connectivity index (χ3v) is 3.34. The molecule has 0 aliphatic heterocycles. The van der Waals surface area contributed by atoms with Gasteiger partial charge in [-0.25, -0.2) is 4.79 Å². The molecule has 0 unspecified atom stereocenters. The third-order valence-electron chi connectivity index (χ3n) is 3.34. The van der Waals surface area contributed by atoms with Crippen LogP contribution in [0.4, 0.5) is 0 Å². The molecule has 0 heterocycles. The van der Waals surface area contributed by atoms with Crippen LogP contribution >= 0.6 is 0 Å². The van der Waals surface area contributed by atoms with Gasteiger partial charge in [-0.1, -0.05) is 0 Å². The maximum atomic E-state index is 12.2. The fraction of sp³-hybridized carbons (Fsp3) is 0.571. The van der Waals surface area contributed by atoms with Gasteiger partial charge in [-0.3, -0.25) is 24.0 Å². The molecule has 0 aromatic heterocycles. The summed E-state index contributed by atoms with van der Waals surface area (Å²) in [6.07, 6.45) is -1.84. The average Bonchev–Trinajstić information content (AvgIpc) is 2.54. The first-order valence-electron chi connectivity index (χ1n) is 7.81. The van der Waals surface area contributed by atoms with Crippen LogP contribution in [0.2, 0.25) is 0 Å². The molecule has 0 fully saturated rings. The first-order chi connectivity index (χ1) is 12.4. The van der Waals surface area contributed by atoms with Crippen molar-refractivity contribution in [2.75, 3.05) is 0 Å². The zero-order valence-corrected chi connectivity index (χ0v) is 14.3. The minimum Gasteiger partial charge on any atom is -0.481 e. The summed E-state index contributed by atoms with van der Waals surface area (Å²) in [7, 11) is 0. The highest BCUT2D eigenvalue weighted by Crippen LogP contribution is 2.03. The number of rotatable bonds is 13. The van der Waals surface area contributed by atoms with E-state index >= 15 is 0 Å². The summed E-state index contributed by atoms with van der Waals surface area (Å²) in [5.41, 5.74) is 15.4. The number of amides is 4. The second-order valence-electron chi connectivity index (χ2n) is 5.67. The topological polar surface area (TPSA) is 245 Å². The summed E-state index contributed by atoms with van der Waals surface area (Å²) in [5, 5.41) is 21.8. The van der Waals surface area contributed by atoms with Crippen LogP contribution in [0.15, 0.2) is 0 Å². The standard InChI is InChI=1S/C14H23N5O8/c15-6(1-4-11(22)23)12(24)18-7(2-3-9(16)20)13(25)19-8(14(26)27)5-10(17)21/h6-8H,1-5,15H2,(H2,16,20)(H2,17,21)(H,18,24)(H,19,25)(H,22,23)(H,26,27)/t6-,7-,8-/m0/s1. The Labute approximate surface area is 153 Å². The maximum Gasteiger partial charge on any atom is 0.326 e. The van der Waals surface area contributed by atoms with Crippen molar-refractivity contribution in [1.29, 1.82) is 0 Å². The van der Waals surface area contributed by atoms with Gasteiger partial charge in [0.15, 0.2) is 0 Å². The van der Waals surface area contributed by atoms with Gasteiger partial charge < -0.3 is 38.0 Å². The number of carboxylic acid groups (broad SMARTS) is 2. The second kappa shape index (κ2) is 11.4. The van der Waals surface area contributed by atoms with E-state index in [2.05, 4.69) is 5.32 Å². The zero-order valence-electron chi connectivity index (χ0n) is 14.3. The molecule has 0 saturated carbocycles. The number of carboxylic acids is 2. The Hall–Kier alpha value is -3.22. The first kappa shape index (κ1) is 23.8. The highest BCUT2D eigenvalue weighted by Gasteiger charge is 2.29. The molecule has 0 aromatic carbocycles. The van der Waals surface area contributed by atoms with Crippen molar-refractivity contribution in [1.82, 2.24) is 10.6 Å². The molecule has 13 nitrogen and oxygen atoms in total. The molecular formula is C14H23N5O8. The number of hydrogen-bond donors (Lipinski definition) is 7. The van der Waals surface area contributed by atoms with Gasteiger partial charge in [0.05, 0.1) is 12.5 Å². The van der Waals surface area contributed by atoms with Gasteiger partial charge in [0.1, 0.15) is 12.1 Å². The van der Waals surface area contributed by atoms with Gasteiger partial charge in [0.25, 0.3) is 0 Å². The van der Waals surface area contributed by atoms with Crippen molar-refractivity contribution < 1.29 is 39.0 Å². The number of primary amides is 2. The molecular weight excluding hydrogens is 366 g/mol. The number of carbonyl (C=O) groups excluding carboxylic acids is 4. The van der Waals surface area contributed by atoms with E-state index in [1.165, 1.54) is 0 Å². The van der Waals surface area contributed by atoms with Crippen molar-refractivity contribution in [3.63, 3.8) is 0 Å². The highest BCUT2D eigenvalue weighted by molar-refractivity contribution is 5.93. The van der Waals surface area contributed by atoms with Gasteiger partial charge >= 0.3 is 11.9 Å². The monoisotopic (exact) mass is 389 g/mol. The Morgan fingerprint density at radius 2 is 1.33 bits per heavy atom. The molecule has 0 aliphatic rings. The first-order valence-corrected chi connectivity index (χ1v) is 7.81. The smallest absolute Gasteiger partial charge is 0.326 e. The average molecular weight is 389 g/mol. The molecule has 0 aromatic rings.